The average Bonchev–Trinajstić information content (AvgIpc) is 3.32. The van der Waals surface area contributed by atoms with Crippen LogP contribution in [0.3, 0.4) is 0 Å². The molecule has 0 aromatic rings. The molecule has 6 heteroatoms. The molecule has 0 bridgehead atoms. The third-order valence-corrected chi connectivity index (χ3v) is 3.65. The van der Waals surface area contributed by atoms with Crippen molar-refractivity contribution in [3.8, 4) is 0 Å². The second-order valence-electron chi connectivity index (χ2n) is 5.52. The minimum Gasteiger partial charge on any atom is -0.379 e. The molecule has 0 saturated heterocycles. The summed E-state index contributed by atoms with van der Waals surface area (Å²) in [4.78, 5) is 18.2. The number of amides is 1. The van der Waals surface area contributed by atoms with Crippen LogP contribution in [-0.2, 0) is 9.53 Å². The maximum absolute atomic E-state index is 11.9. The molecule has 0 aliphatic heterocycles. The molecule has 0 unspecified atom stereocenters. The highest BCUT2D eigenvalue weighted by atomic mass is 16.5. The van der Waals surface area contributed by atoms with Crippen LogP contribution >= 0.6 is 0 Å². The summed E-state index contributed by atoms with van der Waals surface area (Å²) in [5.41, 5.74) is 0. The molecule has 0 radical (unpaired) electrons. The second kappa shape index (κ2) is 11.3. The molecule has 1 rings (SSSR count). The zero-order valence-electron chi connectivity index (χ0n) is 14.4. The Balaban J connectivity index is 2.19. The lowest BCUT2D eigenvalue weighted by atomic mass is 10.3. The van der Waals surface area contributed by atoms with Crippen LogP contribution in [0.15, 0.2) is 4.99 Å². The first-order chi connectivity index (χ1) is 10.7. The first-order valence-corrected chi connectivity index (χ1v) is 8.58. The van der Waals surface area contributed by atoms with Gasteiger partial charge in [-0.25, -0.2) is 0 Å². The Hall–Kier alpha value is -1.30. The van der Waals surface area contributed by atoms with Crippen LogP contribution in [0, 0.1) is 5.92 Å². The molecular weight excluding hydrogens is 280 g/mol. The van der Waals surface area contributed by atoms with E-state index in [4.69, 9.17) is 4.74 Å². The summed E-state index contributed by atoms with van der Waals surface area (Å²) in [5.74, 6) is 1.73. The molecule has 0 atom stereocenters. The van der Waals surface area contributed by atoms with Crippen molar-refractivity contribution < 1.29 is 9.53 Å². The third kappa shape index (κ3) is 8.22. The topological polar surface area (TPSA) is 66.0 Å². The minimum atomic E-state index is 0.182. The number of guanidine groups is 1. The minimum absolute atomic E-state index is 0.182. The molecule has 128 valence electrons. The van der Waals surface area contributed by atoms with Gasteiger partial charge in [-0.05, 0) is 39.5 Å². The van der Waals surface area contributed by atoms with Crippen molar-refractivity contribution in [1.82, 2.24) is 15.5 Å². The summed E-state index contributed by atoms with van der Waals surface area (Å²) in [6.07, 6.45) is 3.12. The highest BCUT2D eigenvalue weighted by molar-refractivity contribution is 5.81. The highest BCUT2D eigenvalue weighted by Gasteiger charge is 2.20. The molecule has 1 fully saturated rings. The molecule has 0 aromatic heterocycles. The highest BCUT2D eigenvalue weighted by Crippen LogP contribution is 2.28. The average molecular weight is 312 g/mol. The van der Waals surface area contributed by atoms with Crippen molar-refractivity contribution in [3.63, 3.8) is 0 Å². The molecule has 6 nitrogen and oxygen atoms in total. The summed E-state index contributed by atoms with van der Waals surface area (Å²) in [6, 6.07) is 0. The Morgan fingerprint density at radius 1 is 1.23 bits per heavy atom. The van der Waals surface area contributed by atoms with Gasteiger partial charge in [0.15, 0.2) is 5.96 Å². The van der Waals surface area contributed by atoms with Crippen LogP contribution in [0.25, 0.3) is 0 Å². The van der Waals surface area contributed by atoms with Gasteiger partial charge in [-0.15, -0.1) is 0 Å². The lowest BCUT2D eigenvalue weighted by molar-refractivity contribution is -0.130. The van der Waals surface area contributed by atoms with E-state index in [0.29, 0.717) is 26.1 Å². The number of nitrogens with one attached hydrogen (secondary N) is 2. The Morgan fingerprint density at radius 2 is 1.95 bits per heavy atom. The molecule has 1 aliphatic carbocycles. The van der Waals surface area contributed by atoms with Gasteiger partial charge in [0.2, 0.25) is 5.91 Å². The van der Waals surface area contributed by atoms with Crippen LogP contribution in [0.2, 0.25) is 0 Å². The molecule has 1 amide bonds. The molecule has 0 spiro atoms. The molecule has 2 N–H and O–H groups in total. The summed E-state index contributed by atoms with van der Waals surface area (Å²) >= 11 is 0. The fraction of sp³-hybridized carbons (Fsp3) is 0.875. The van der Waals surface area contributed by atoms with Crippen molar-refractivity contribution in [2.45, 2.75) is 40.0 Å². The summed E-state index contributed by atoms with van der Waals surface area (Å²) in [6.45, 7) is 11.1. The van der Waals surface area contributed by atoms with Gasteiger partial charge >= 0.3 is 0 Å². The fourth-order valence-corrected chi connectivity index (χ4v) is 2.12. The van der Waals surface area contributed by atoms with E-state index in [0.717, 1.165) is 38.1 Å². The summed E-state index contributed by atoms with van der Waals surface area (Å²) < 4.78 is 5.57. The summed E-state index contributed by atoms with van der Waals surface area (Å²) in [5, 5.41) is 6.39. The maximum atomic E-state index is 11.9. The van der Waals surface area contributed by atoms with Crippen LogP contribution in [-0.4, -0.2) is 62.7 Å². The molecular formula is C16H32N4O2. The second-order valence-corrected chi connectivity index (χ2v) is 5.52. The van der Waals surface area contributed by atoms with Gasteiger partial charge < -0.3 is 20.3 Å². The van der Waals surface area contributed by atoms with Crippen molar-refractivity contribution in [2.75, 3.05) is 45.9 Å². The molecule has 1 aliphatic rings. The van der Waals surface area contributed by atoms with Crippen molar-refractivity contribution in [2.24, 2.45) is 10.9 Å². The van der Waals surface area contributed by atoms with E-state index in [9.17, 15) is 4.79 Å². The molecule has 1 saturated carbocycles. The van der Waals surface area contributed by atoms with Gasteiger partial charge in [0, 0.05) is 39.2 Å². The normalized spacial score (nSPS) is 14.8. The van der Waals surface area contributed by atoms with E-state index in [-0.39, 0.29) is 5.91 Å². The van der Waals surface area contributed by atoms with Crippen LogP contribution < -0.4 is 10.6 Å². The van der Waals surface area contributed by atoms with E-state index >= 15 is 0 Å². The van der Waals surface area contributed by atoms with Crippen LogP contribution in [0.1, 0.15) is 40.0 Å². The predicted molar refractivity (Wildman–Crippen MR) is 90.1 cm³/mol. The number of carbonyl (C=O) groups is 1. The first kappa shape index (κ1) is 18.7. The molecule has 0 heterocycles. The summed E-state index contributed by atoms with van der Waals surface area (Å²) in [7, 11) is 0. The lowest BCUT2D eigenvalue weighted by Gasteiger charge is -2.19. The lowest BCUT2D eigenvalue weighted by Crippen LogP contribution is -2.40. The standard InChI is InChI=1S/C16H32N4O2/c1-4-17-16(19-11-12-22-13-14-7-8-14)18-10-9-15(21)20(5-2)6-3/h14H,4-13H2,1-3H3,(H2,17,18,19). The number of aliphatic imine (C=N–C) groups is 1. The van der Waals surface area contributed by atoms with E-state index in [1.807, 2.05) is 25.7 Å². The number of hydrogen-bond acceptors (Lipinski definition) is 3. The van der Waals surface area contributed by atoms with Crippen molar-refractivity contribution in [3.05, 3.63) is 0 Å². The zero-order chi connectivity index (χ0) is 16.2. The van der Waals surface area contributed by atoms with Gasteiger partial charge in [0.1, 0.15) is 0 Å². The monoisotopic (exact) mass is 312 g/mol. The zero-order valence-corrected chi connectivity index (χ0v) is 14.4. The van der Waals surface area contributed by atoms with Gasteiger partial charge in [-0.1, -0.05) is 0 Å². The number of ether oxygens (including phenoxy) is 1. The van der Waals surface area contributed by atoms with E-state index in [1.165, 1.54) is 12.8 Å². The van der Waals surface area contributed by atoms with Crippen LogP contribution in [0.4, 0.5) is 0 Å². The maximum Gasteiger partial charge on any atom is 0.224 e. The van der Waals surface area contributed by atoms with E-state index in [1.54, 1.807) is 0 Å². The van der Waals surface area contributed by atoms with Gasteiger partial charge in [0.25, 0.3) is 0 Å². The number of hydrogen-bond donors (Lipinski definition) is 2. The Kier molecular flexibility index (Phi) is 9.62. The largest absolute Gasteiger partial charge is 0.379 e. The van der Waals surface area contributed by atoms with Gasteiger partial charge in [-0.2, -0.15) is 0 Å². The smallest absolute Gasteiger partial charge is 0.224 e. The Bertz CT molecular complexity index is 339. The number of rotatable bonds is 11. The number of carbonyl (C=O) groups excluding carboxylic acids is 1. The SMILES string of the molecule is CCNC(=NCCOCC1CC1)NCCC(=O)N(CC)CC. The molecule has 0 aromatic carbocycles. The van der Waals surface area contributed by atoms with Crippen LogP contribution in [0.5, 0.6) is 0 Å². The quantitative estimate of drug-likeness (QED) is 0.342. The number of nitrogens with zero attached hydrogens (tertiary/aromatic N) is 2. The van der Waals surface area contributed by atoms with Gasteiger partial charge in [0.05, 0.1) is 13.2 Å². The Labute approximate surface area is 134 Å². The predicted octanol–water partition coefficient (Wildman–Crippen LogP) is 1.23. The van der Waals surface area contributed by atoms with Gasteiger partial charge in [-0.3, -0.25) is 9.79 Å². The molecule has 22 heavy (non-hydrogen) atoms. The van der Waals surface area contributed by atoms with E-state index in [2.05, 4.69) is 15.6 Å². The van der Waals surface area contributed by atoms with Crippen molar-refractivity contribution in [1.29, 1.82) is 0 Å². The van der Waals surface area contributed by atoms with E-state index < -0.39 is 0 Å². The van der Waals surface area contributed by atoms with Crippen molar-refractivity contribution >= 4 is 11.9 Å². The fourth-order valence-electron chi connectivity index (χ4n) is 2.12. The Morgan fingerprint density at radius 3 is 2.55 bits per heavy atom. The first-order valence-electron chi connectivity index (χ1n) is 8.58. The third-order valence-electron chi connectivity index (χ3n) is 3.65.